The van der Waals surface area contributed by atoms with E-state index in [-0.39, 0.29) is 0 Å². The lowest BCUT2D eigenvalue weighted by Gasteiger charge is -2.25. The average Bonchev–Trinajstić information content (AvgIpc) is 2.91. The second kappa shape index (κ2) is 17.6. The molecule has 0 bridgehead atoms. The molecule has 0 radical (unpaired) electrons. The largest absolute Gasteiger partial charge is 0.356 e. The molecule has 0 unspecified atom stereocenters. The predicted octanol–water partition coefficient (Wildman–Crippen LogP) is 5.11. The van der Waals surface area contributed by atoms with Crippen molar-refractivity contribution in [2.75, 3.05) is 0 Å². The molecule has 0 spiro atoms. The van der Waals surface area contributed by atoms with Crippen molar-refractivity contribution in [1.82, 2.24) is 0 Å². The van der Waals surface area contributed by atoms with Crippen LogP contribution in [0.25, 0.3) is 0 Å². The Labute approximate surface area is 271 Å². The summed E-state index contributed by atoms with van der Waals surface area (Å²) in [6, 6.07) is 0. The van der Waals surface area contributed by atoms with Crippen LogP contribution < -0.4 is 0 Å². The third-order valence-corrected chi connectivity index (χ3v) is 4.31. The third kappa shape index (κ3) is 24.1. The topological polar surface area (TPSA) is 161 Å². The highest BCUT2D eigenvalue weighted by Gasteiger charge is 2.27. The Morgan fingerprint density at radius 3 is 0.804 bits per heavy atom. The van der Waals surface area contributed by atoms with Crippen molar-refractivity contribution >= 4 is 23.9 Å². The van der Waals surface area contributed by atoms with Gasteiger partial charge in [0.25, 0.3) is 0 Å². The quantitative estimate of drug-likeness (QED) is 0.137. The van der Waals surface area contributed by atoms with Gasteiger partial charge in [0.05, 0.1) is 36.9 Å². The van der Waals surface area contributed by atoms with E-state index in [9.17, 15) is 19.2 Å². The number of carbonyl (C=O) groups excluding carboxylic acids is 4. The summed E-state index contributed by atoms with van der Waals surface area (Å²) in [5.74, 6) is 7.38. The van der Waals surface area contributed by atoms with Gasteiger partial charge < -0.3 is 0 Å². The maximum atomic E-state index is 12.0. The first-order valence-corrected chi connectivity index (χ1v) is 14.6. The Morgan fingerprint density at radius 2 is 0.565 bits per heavy atom. The zero-order chi connectivity index (χ0) is 36.0. The summed E-state index contributed by atoms with van der Waals surface area (Å²) in [5.41, 5.74) is -5.44. The highest BCUT2D eigenvalue weighted by atomic mass is 17.2. The van der Waals surface area contributed by atoms with Gasteiger partial charge in [-0.3, -0.25) is 9.78 Å². The monoisotopic (exact) mass is 658 g/mol. The van der Waals surface area contributed by atoms with Gasteiger partial charge in [-0.1, -0.05) is 23.7 Å². The molecular weight excluding hydrogens is 608 g/mol. The molecule has 0 fully saturated rings. The zero-order valence-corrected chi connectivity index (χ0v) is 29.5. The molecule has 0 saturated heterocycles. The highest BCUT2D eigenvalue weighted by molar-refractivity contribution is 5.79. The number of rotatable bonds is 14. The van der Waals surface area contributed by atoms with Gasteiger partial charge in [0, 0.05) is 0 Å². The zero-order valence-electron chi connectivity index (χ0n) is 29.5. The standard InChI is InChI=1S/C32H50O14/c1-27(2,3)41-45-31(11,12)21-19-29(7,8)43-39-25(35)17-15-23(33)37-38-24(34)16-18-26(36)40-44-30(9,10)20-22-32(13,14)46-42-28(4,5)6/h15-18H2,1-14H3. The molecule has 0 amide bonds. The summed E-state index contributed by atoms with van der Waals surface area (Å²) in [6.45, 7) is 23.9. The Balaban J connectivity index is 4.45. The van der Waals surface area contributed by atoms with Crippen LogP contribution in [0.3, 0.4) is 0 Å². The van der Waals surface area contributed by atoms with E-state index in [4.69, 9.17) is 39.1 Å². The SMILES string of the molecule is CC(C)(C)OOC(C)(C)C#CC(C)(C)OOC(=O)CCC(=O)OOC(=O)CCC(=O)OOC(C)(C)C#CC(C)(C)OOC(C)(C)C. The van der Waals surface area contributed by atoms with Gasteiger partial charge in [0.15, 0.2) is 22.4 Å². The minimum absolute atomic E-state index is 0.441. The van der Waals surface area contributed by atoms with Crippen LogP contribution in [0.2, 0.25) is 0 Å². The van der Waals surface area contributed by atoms with Crippen molar-refractivity contribution in [2.24, 2.45) is 0 Å². The van der Waals surface area contributed by atoms with Crippen molar-refractivity contribution in [1.29, 1.82) is 0 Å². The second-order valence-electron chi connectivity index (χ2n) is 14.1. The van der Waals surface area contributed by atoms with Gasteiger partial charge in [-0.05, 0) is 96.9 Å². The number of hydrogen-bond donors (Lipinski definition) is 0. The van der Waals surface area contributed by atoms with Crippen molar-refractivity contribution in [3.8, 4) is 23.7 Å². The summed E-state index contributed by atoms with van der Waals surface area (Å²) < 4.78 is 0. The van der Waals surface area contributed by atoms with Crippen molar-refractivity contribution in [3.63, 3.8) is 0 Å². The van der Waals surface area contributed by atoms with Crippen molar-refractivity contribution in [2.45, 2.75) is 156 Å². The molecule has 262 valence electrons. The van der Waals surface area contributed by atoms with E-state index < -0.39 is 83.2 Å². The van der Waals surface area contributed by atoms with E-state index in [1.54, 1.807) is 55.4 Å². The van der Waals surface area contributed by atoms with Crippen molar-refractivity contribution in [3.05, 3.63) is 0 Å². The Kier molecular flexibility index (Phi) is 16.4. The first kappa shape index (κ1) is 42.8. The van der Waals surface area contributed by atoms with E-state index >= 15 is 0 Å². The number of hydrogen-bond acceptors (Lipinski definition) is 14. The van der Waals surface area contributed by atoms with Crippen LogP contribution in [0.1, 0.15) is 123 Å². The van der Waals surface area contributed by atoms with E-state index in [1.165, 1.54) is 0 Å². The first-order valence-electron chi connectivity index (χ1n) is 14.6. The fourth-order valence-corrected chi connectivity index (χ4v) is 2.11. The molecule has 0 aliphatic heterocycles. The molecule has 0 rings (SSSR count). The summed E-state index contributed by atoms with van der Waals surface area (Å²) in [4.78, 5) is 97.2. The second-order valence-corrected chi connectivity index (χ2v) is 14.1. The summed E-state index contributed by atoms with van der Waals surface area (Å²) in [5, 5.41) is 0. The van der Waals surface area contributed by atoms with Crippen LogP contribution in [0, 0.1) is 23.7 Å². The minimum atomic E-state index is -1.21. The molecule has 14 heteroatoms. The van der Waals surface area contributed by atoms with Gasteiger partial charge in [-0.2, -0.15) is 9.78 Å². The molecule has 0 atom stereocenters. The van der Waals surface area contributed by atoms with Crippen LogP contribution in [0.5, 0.6) is 0 Å². The lowest BCUT2D eigenvalue weighted by Crippen LogP contribution is -2.31. The van der Waals surface area contributed by atoms with Crippen molar-refractivity contribution < 1.29 is 68.1 Å². The van der Waals surface area contributed by atoms with Gasteiger partial charge >= 0.3 is 23.9 Å². The highest BCUT2D eigenvalue weighted by Crippen LogP contribution is 2.18. The fraction of sp³-hybridized carbons (Fsp3) is 0.750. The molecule has 14 nitrogen and oxygen atoms in total. The summed E-state index contributed by atoms with van der Waals surface area (Å²) >= 11 is 0. The van der Waals surface area contributed by atoms with Gasteiger partial charge in [0.2, 0.25) is 0 Å². The lowest BCUT2D eigenvalue weighted by atomic mass is 10.1. The molecule has 0 aromatic rings. The van der Waals surface area contributed by atoms with Gasteiger partial charge in [0.1, 0.15) is 0 Å². The molecule has 0 aliphatic rings. The lowest BCUT2D eigenvalue weighted by molar-refractivity contribution is -0.384. The first-order chi connectivity index (χ1) is 20.6. The summed E-state index contributed by atoms with van der Waals surface area (Å²) in [7, 11) is 0. The maximum Gasteiger partial charge on any atom is 0.356 e. The van der Waals surface area contributed by atoms with Crippen LogP contribution in [-0.4, -0.2) is 57.5 Å². The number of carbonyl (C=O) groups is 4. The van der Waals surface area contributed by atoms with Crippen LogP contribution >= 0.6 is 0 Å². The minimum Gasteiger partial charge on any atom is -0.297 e. The van der Waals surface area contributed by atoms with Crippen LogP contribution in [0.4, 0.5) is 0 Å². The smallest absolute Gasteiger partial charge is 0.297 e. The summed E-state index contributed by atoms with van der Waals surface area (Å²) in [6.07, 6.45) is -1.85. The fourth-order valence-electron chi connectivity index (χ4n) is 2.11. The molecule has 0 heterocycles. The van der Waals surface area contributed by atoms with Gasteiger partial charge in [-0.25, -0.2) is 48.5 Å². The molecule has 0 saturated carbocycles. The van der Waals surface area contributed by atoms with Gasteiger partial charge in [-0.15, -0.1) is 0 Å². The Hall–Kier alpha value is -3.24. The molecule has 0 aromatic heterocycles. The van der Waals surface area contributed by atoms with E-state index in [1.807, 2.05) is 41.5 Å². The average molecular weight is 659 g/mol. The molecule has 0 aromatic carbocycles. The Bertz CT molecular complexity index is 1070. The molecule has 0 N–H and O–H groups in total. The molecular formula is C32H50O14. The molecule has 0 aliphatic carbocycles. The van der Waals surface area contributed by atoms with E-state index in [2.05, 4.69) is 33.5 Å². The molecule has 46 heavy (non-hydrogen) atoms. The van der Waals surface area contributed by atoms with E-state index in [0.717, 1.165) is 0 Å². The maximum absolute atomic E-state index is 12.0. The third-order valence-electron chi connectivity index (χ3n) is 4.31. The predicted molar refractivity (Wildman–Crippen MR) is 161 cm³/mol. The normalized spacial score (nSPS) is 12.6. The van der Waals surface area contributed by atoms with Crippen LogP contribution in [-0.2, 0) is 68.1 Å². The van der Waals surface area contributed by atoms with E-state index in [0.29, 0.717) is 0 Å². The Morgan fingerprint density at radius 1 is 0.348 bits per heavy atom. The van der Waals surface area contributed by atoms with Crippen LogP contribution in [0.15, 0.2) is 0 Å².